The number of methoxy groups -OCH3 is 1. The molecule has 0 saturated heterocycles. The SMILES string of the molecule is CCc1cc(CC(COCCOC)NC)n(C)n1. The van der Waals surface area contributed by atoms with E-state index in [2.05, 4.69) is 23.4 Å². The second-order valence-corrected chi connectivity index (χ2v) is 4.36. The van der Waals surface area contributed by atoms with E-state index >= 15 is 0 Å². The Morgan fingerprint density at radius 3 is 2.78 bits per heavy atom. The van der Waals surface area contributed by atoms with Crippen molar-refractivity contribution in [3.05, 3.63) is 17.5 Å². The second kappa shape index (κ2) is 8.24. The van der Waals surface area contributed by atoms with Crippen LogP contribution in [0.1, 0.15) is 18.3 Å². The maximum atomic E-state index is 5.56. The van der Waals surface area contributed by atoms with Crippen molar-refractivity contribution in [2.24, 2.45) is 7.05 Å². The molecule has 1 aromatic rings. The summed E-state index contributed by atoms with van der Waals surface area (Å²) in [5.41, 5.74) is 2.38. The van der Waals surface area contributed by atoms with Crippen molar-refractivity contribution >= 4 is 0 Å². The number of nitrogens with one attached hydrogen (secondary N) is 1. The first-order chi connectivity index (χ1) is 8.71. The van der Waals surface area contributed by atoms with Crippen LogP contribution in [-0.4, -0.2) is 49.8 Å². The van der Waals surface area contributed by atoms with Gasteiger partial charge in [0.1, 0.15) is 0 Å². The number of aryl methyl sites for hydroxylation is 2. The van der Waals surface area contributed by atoms with Crippen molar-refractivity contribution in [3.8, 4) is 0 Å². The van der Waals surface area contributed by atoms with E-state index in [1.165, 1.54) is 5.69 Å². The number of aromatic nitrogens is 2. The van der Waals surface area contributed by atoms with Gasteiger partial charge in [-0.1, -0.05) is 6.92 Å². The highest BCUT2D eigenvalue weighted by Crippen LogP contribution is 2.07. The molecule has 5 nitrogen and oxygen atoms in total. The first kappa shape index (κ1) is 15.1. The Morgan fingerprint density at radius 2 is 2.22 bits per heavy atom. The highest BCUT2D eigenvalue weighted by molar-refractivity contribution is 5.11. The van der Waals surface area contributed by atoms with Gasteiger partial charge in [0.25, 0.3) is 0 Å². The third kappa shape index (κ3) is 4.76. The molecule has 18 heavy (non-hydrogen) atoms. The van der Waals surface area contributed by atoms with Crippen LogP contribution in [0.15, 0.2) is 6.07 Å². The van der Waals surface area contributed by atoms with Gasteiger partial charge in [-0.05, 0) is 19.5 Å². The fourth-order valence-corrected chi connectivity index (χ4v) is 1.80. The Morgan fingerprint density at radius 1 is 1.44 bits per heavy atom. The topological polar surface area (TPSA) is 48.3 Å². The monoisotopic (exact) mass is 255 g/mol. The van der Waals surface area contributed by atoms with E-state index in [9.17, 15) is 0 Å². The number of nitrogens with zero attached hydrogens (tertiary/aromatic N) is 2. The Hall–Kier alpha value is -0.910. The summed E-state index contributed by atoms with van der Waals surface area (Å²) in [4.78, 5) is 0. The van der Waals surface area contributed by atoms with Crippen LogP contribution in [-0.2, 0) is 29.4 Å². The second-order valence-electron chi connectivity index (χ2n) is 4.36. The van der Waals surface area contributed by atoms with Crippen LogP contribution >= 0.6 is 0 Å². The Kier molecular flexibility index (Phi) is 6.93. The molecule has 0 radical (unpaired) electrons. The zero-order valence-corrected chi connectivity index (χ0v) is 11.9. The summed E-state index contributed by atoms with van der Waals surface area (Å²) in [6, 6.07) is 2.47. The van der Waals surface area contributed by atoms with E-state index in [1.54, 1.807) is 7.11 Å². The van der Waals surface area contributed by atoms with Gasteiger partial charge in [-0.3, -0.25) is 4.68 Å². The minimum absolute atomic E-state index is 0.307. The molecule has 1 rings (SSSR count). The van der Waals surface area contributed by atoms with Crippen molar-refractivity contribution in [3.63, 3.8) is 0 Å². The van der Waals surface area contributed by atoms with Crippen molar-refractivity contribution in [1.82, 2.24) is 15.1 Å². The average Bonchev–Trinajstić information content (AvgIpc) is 2.74. The van der Waals surface area contributed by atoms with E-state index in [1.807, 2.05) is 18.8 Å². The zero-order valence-electron chi connectivity index (χ0n) is 11.9. The summed E-state index contributed by atoms with van der Waals surface area (Å²) in [7, 11) is 5.63. The molecule has 0 aliphatic carbocycles. The lowest BCUT2D eigenvalue weighted by Gasteiger charge is -2.16. The molecule has 0 amide bonds. The predicted octanol–water partition coefficient (Wildman–Crippen LogP) is 0.776. The first-order valence-electron chi connectivity index (χ1n) is 6.47. The number of hydrogen-bond acceptors (Lipinski definition) is 4. The summed E-state index contributed by atoms with van der Waals surface area (Å²) in [5, 5.41) is 7.73. The molecular weight excluding hydrogens is 230 g/mol. The molecule has 104 valence electrons. The van der Waals surface area contributed by atoms with E-state index in [0.717, 1.165) is 18.5 Å². The Balaban J connectivity index is 2.43. The smallest absolute Gasteiger partial charge is 0.0701 e. The standard InChI is InChI=1S/C13H25N3O2/c1-5-11-8-13(16(3)15-11)9-12(14-2)10-18-7-6-17-4/h8,12,14H,5-7,9-10H2,1-4H3. The lowest BCUT2D eigenvalue weighted by Crippen LogP contribution is -2.33. The third-order valence-corrected chi connectivity index (χ3v) is 3.00. The molecule has 1 unspecified atom stereocenters. The van der Waals surface area contributed by atoms with Gasteiger partial charge in [0.2, 0.25) is 0 Å². The van der Waals surface area contributed by atoms with Gasteiger partial charge in [0.05, 0.1) is 25.5 Å². The van der Waals surface area contributed by atoms with Gasteiger partial charge in [0.15, 0.2) is 0 Å². The van der Waals surface area contributed by atoms with E-state index in [0.29, 0.717) is 25.9 Å². The molecule has 5 heteroatoms. The summed E-state index contributed by atoms with van der Waals surface area (Å²) < 4.78 is 12.5. The van der Waals surface area contributed by atoms with Gasteiger partial charge in [0, 0.05) is 32.3 Å². The molecule has 0 aliphatic rings. The minimum Gasteiger partial charge on any atom is -0.382 e. The summed E-state index contributed by atoms with van der Waals surface area (Å²) in [5.74, 6) is 0. The van der Waals surface area contributed by atoms with Crippen LogP contribution in [0.5, 0.6) is 0 Å². The molecule has 0 fully saturated rings. The molecular formula is C13H25N3O2. The first-order valence-corrected chi connectivity index (χ1v) is 6.47. The van der Waals surface area contributed by atoms with Crippen molar-refractivity contribution in [1.29, 1.82) is 0 Å². The molecule has 1 N–H and O–H groups in total. The Bertz CT molecular complexity index is 339. The molecule has 1 aromatic heterocycles. The van der Waals surface area contributed by atoms with Crippen LogP contribution in [0, 0.1) is 0 Å². The molecule has 1 heterocycles. The lowest BCUT2D eigenvalue weighted by atomic mass is 10.1. The summed E-state index contributed by atoms with van der Waals surface area (Å²) in [6.07, 6.45) is 1.90. The van der Waals surface area contributed by atoms with Gasteiger partial charge in [-0.25, -0.2) is 0 Å². The maximum absolute atomic E-state index is 5.56. The van der Waals surface area contributed by atoms with Gasteiger partial charge in [-0.2, -0.15) is 5.10 Å². The highest BCUT2D eigenvalue weighted by Gasteiger charge is 2.11. The van der Waals surface area contributed by atoms with E-state index in [4.69, 9.17) is 9.47 Å². The number of rotatable bonds is 9. The van der Waals surface area contributed by atoms with Crippen LogP contribution < -0.4 is 5.32 Å². The zero-order chi connectivity index (χ0) is 13.4. The molecule has 0 saturated carbocycles. The minimum atomic E-state index is 0.307. The van der Waals surface area contributed by atoms with Crippen LogP contribution in [0.25, 0.3) is 0 Å². The van der Waals surface area contributed by atoms with E-state index in [-0.39, 0.29) is 0 Å². The quantitative estimate of drug-likeness (QED) is 0.662. The molecule has 0 aromatic carbocycles. The average molecular weight is 255 g/mol. The molecule has 0 bridgehead atoms. The molecule has 0 spiro atoms. The Labute approximate surface area is 109 Å². The van der Waals surface area contributed by atoms with Crippen molar-refractivity contribution < 1.29 is 9.47 Å². The normalized spacial score (nSPS) is 12.9. The van der Waals surface area contributed by atoms with Gasteiger partial charge < -0.3 is 14.8 Å². The fraction of sp³-hybridized carbons (Fsp3) is 0.769. The maximum Gasteiger partial charge on any atom is 0.0701 e. The molecule has 0 aliphatic heterocycles. The van der Waals surface area contributed by atoms with Crippen LogP contribution in [0.2, 0.25) is 0 Å². The van der Waals surface area contributed by atoms with Crippen molar-refractivity contribution in [2.45, 2.75) is 25.8 Å². The largest absolute Gasteiger partial charge is 0.382 e. The lowest BCUT2D eigenvalue weighted by molar-refractivity contribution is 0.0595. The summed E-state index contributed by atoms with van der Waals surface area (Å²) in [6.45, 7) is 4.09. The third-order valence-electron chi connectivity index (χ3n) is 3.00. The van der Waals surface area contributed by atoms with Crippen LogP contribution in [0.3, 0.4) is 0 Å². The van der Waals surface area contributed by atoms with Gasteiger partial charge >= 0.3 is 0 Å². The number of hydrogen-bond donors (Lipinski definition) is 1. The fourth-order valence-electron chi connectivity index (χ4n) is 1.80. The van der Waals surface area contributed by atoms with Crippen LogP contribution in [0.4, 0.5) is 0 Å². The van der Waals surface area contributed by atoms with E-state index < -0.39 is 0 Å². The van der Waals surface area contributed by atoms with Crippen molar-refractivity contribution in [2.75, 3.05) is 34.0 Å². The predicted molar refractivity (Wildman–Crippen MR) is 71.8 cm³/mol. The highest BCUT2D eigenvalue weighted by atomic mass is 16.5. The number of likely N-dealkylation sites (N-methyl/N-ethyl adjacent to an activating group) is 1. The van der Waals surface area contributed by atoms with Gasteiger partial charge in [-0.15, -0.1) is 0 Å². The molecule has 1 atom stereocenters. The number of ether oxygens (including phenoxy) is 2. The summed E-state index contributed by atoms with van der Waals surface area (Å²) >= 11 is 0.